The lowest BCUT2D eigenvalue weighted by molar-refractivity contribution is 0.200. The van der Waals surface area contributed by atoms with Gasteiger partial charge in [-0.1, -0.05) is 12.1 Å². The third-order valence-corrected chi connectivity index (χ3v) is 7.88. The summed E-state index contributed by atoms with van der Waals surface area (Å²) in [5.74, 6) is 1.62. The summed E-state index contributed by atoms with van der Waals surface area (Å²) in [7, 11) is 0.455. The Morgan fingerprint density at radius 2 is 1.87 bits per heavy atom. The third kappa shape index (κ3) is 4.63. The van der Waals surface area contributed by atoms with Crippen LogP contribution in [0.5, 0.6) is 5.75 Å². The van der Waals surface area contributed by atoms with Gasteiger partial charge in [-0.05, 0) is 38.2 Å². The Balaban J connectivity index is 1.42. The van der Waals surface area contributed by atoms with E-state index in [1.807, 2.05) is 37.2 Å². The fourth-order valence-corrected chi connectivity index (χ4v) is 5.47. The lowest BCUT2D eigenvalue weighted by Crippen LogP contribution is -2.47. The lowest BCUT2D eigenvalue weighted by atomic mass is 10.2. The van der Waals surface area contributed by atoms with E-state index in [9.17, 15) is 8.42 Å². The molecule has 2 aliphatic rings. The number of hydrogen-bond acceptors (Lipinski definition) is 7. The van der Waals surface area contributed by atoms with Crippen LogP contribution in [-0.4, -0.2) is 88.6 Å². The van der Waals surface area contributed by atoms with Crippen LogP contribution in [0.4, 0.5) is 11.5 Å². The number of likely N-dealkylation sites (N-methyl/N-ethyl adjacent to an activating group) is 3. The molecule has 31 heavy (non-hydrogen) atoms. The Kier molecular flexibility index (Phi) is 6.36. The molecule has 1 aromatic heterocycles. The van der Waals surface area contributed by atoms with Gasteiger partial charge in [0.25, 0.3) is 0 Å². The summed E-state index contributed by atoms with van der Waals surface area (Å²) in [6.45, 7) is 7.02. The van der Waals surface area contributed by atoms with Crippen molar-refractivity contribution in [2.45, 2.75) is 17.9 Å². The van der Waals surface area contributed by atoms with Crippen LogP contribution in [0.15, 0.2) is 47.5 Å². The Bertz CT molecular complexity index is 990. The molecule has 2 aliphatic heterocycles. The van der Waals surface area contributed by atoms with Crippen LogP contribution in [0.2, 0.25) is 0 Å². The molecule has 168 valence electrons. The monoisotopic (exact) mass is 445 g/mol. The van der Waals surface area contributed by atoms with Crippen LogP contribution < -0.4 is 14.5 Å². The minimum Gasteiger partial charge on any atom is -0.485 e. The van der Waals surface area contributed by atoms with E-state index in [0.717, 1.165) is 43.4 Å². The molecular formula is C22H31N5O3S. The zero-order valence-corrected chi connectivity index (χ0v) is 19.3. The second-order valence-electron chi connectivity index (χ2n) is 8.19. The van der Waals surface area contributed by atoms with E-state index in [1.54, 1.807) is 16.4 Å². The van der Waals surface area contributed by atoms with Crippen molar-refractivity contribution >= 4 is 21.5 Å². The number of pyridine rings is 1. The third-order valence-electron chi connectivity index (χ3n) is 5.99. The van der Waals surface area contributed by atoms with E-state index in [-0.39, 0.29) is 11.0 Å². The molecule has 4 rings (SSSR count). The summed E-state index contributed by atoms with van der Waals surface area (Å²) < 4.78 is 33.6. The first-order valence-electron chi connectivity index (χ1n) is 10.7. The van der Waals surface area contributed by atoms with Gasteiger partial charge in [0.15, 0.2) is 0 Å². The van der Waals surface area contributed by atoms with Crippen LogP contribution in [0.1, 0.15) is 6.92 Å². The van der Waals surface area contributed by atoms with E-state index >= 15 is 0 Å². The highest BCUT2D eigenvalue weighted by Crippen LogP contribution is 2.33. The van der Waals surface area contributed by atoms with Gasteiger partial charge in [0.1, 0.15) is 22.6 Å². The molecule has 0 unspecified atom stereocenters. The molecule has 0 saturated carbocycles. The molecule has 1 atom stereocenters. The average molecular weight is 446 g/mol. The molecule has 0 aliphatic carbocycles. The molecule has 0 spiro atoms. The van der Waals surface area contributed by atoms with Gasteiger partial charge in [0.05, 0.1) is 18.8 Å². The number of fused-ring (bicyclic) bond motifs is 1. The smallest absolute Gasteiger partial charge is 0.244 e. The molecule has 1 fully saturated rings. The second-order valence-corrected chi connectivity index (χ2v) is 10.1. The molecule has 3 heterocycles. The number of rotatable bonds is 6. The predicted molar refractivity (Wildman–Crippen MR) is 123 cm³/mol. The highest BCUT2D eigenvalue weighted by Gasteiger charge is 2.29. The largest absolute Gasteiger partial charge is 0.485 e. The van der Waals surface area contributed by atoms with Crippen LogP contribution in [0.25, 0.3) is 0 Å². The molecule has 2 aromatic rings. The molecule has 9 heteroatoms. The van der Waals surface area contributed by atoms with Gasteiger partial charge in [-0.15, -0.1) is 0 Å². The Morgan fingerprint density at radius 3 is 2.55 bits per heavy atom. The van der Waals surface area contributed by atoms with Gasteiger partial charge in [-0.2, -0.15) is 4.31 Å². The van der Waals surface area contributed by atoms with E-state index in [1.165, 1.54) is 6.20 Å². The molecule has 1 aromatic carbocycles. The van der Waals surface area contributed by atoms with Gasteiger partial charge in [-0.25, -0.2) is 13.4 Å². The van der Waals surface area contributed by atoms with Crippen molar-refractivity contribution in [3.63, 3.8) is 0 Å². The molecule has 0 N–H and O–H groups in total. The van der Waals surface area contributed by atoms with Crippen molar-refractivity contribution < 1.29 is 13.2 Å². The van der Waals surface area contributed by atoms with Crippen molar-refractivity contribution in [2.24, 2.45) is 0 Å². The molecule has 1 saturated heterocycles. The number of benzene rings is 1. The first-order valence-corrected chi connectivity index (χ1v) is 12.2. The fraction of sp³-hybridized carbons (Fsp3) is 0.500. The summed E-state index contributed by atoms with van der Waals surface area (Å²) in [6.07, 6.45) is 1.46. The summed E-state index contributed by atoms with van der Waals surface area (Å²) in [5, 5.41) is 0. The number of aromatic nitrogens is 1. The average Bonchev–Trinajstić information content (AvgIpc) is 2.79. The zero-order chi connectivity index (χ0) is 22.0. The Hall–Kier alpha value is -2.36. The molecular weight excluding hydrogens is 414 g/mol. The SMILES string of the molecule is CCN1C[C@H](CN(C)c2ccc(S(=O)(=O)N3CCN(C)CC3)cn2)Oc2ccccc21. The zero-order valence-electron chi connectivity index (χ0n) is 18.4. The maximum absolute atomic E-state index is 12.9. The number of hydrogen-bond donors (Lipinski definition) is 0. The van der Waals surface area contributed by atoms with Crippen LogP contribution >= 0.6 is 0 Å². The molecule has 0 radical (unpaired) electrons. The summed E-state index contributed by atoms with van der Waals surface area (Å²) in [5.41, 5.74) is 1.13. The lowest BCUT2D eigenvalue weighted by Gasteiger charge is -2.37. The van der Waals surface area contributed by atoms with Crippen molar-refractivity contribution in [3.05, 3.63) is 42.6 Å². The maximum atomic E-state index is 12.9. The summed E-state index contributed by atoms with van der Waals surface area (Å²) in [6, 6.07) is 11.5. The van der Waals surface area contributed by atoms with Gasteiger partial charge in [-0.3, -0.25) is 0 Å². The minimum absolute atomic E-state index is 0.00426. The van der Waals surface area contributed by atoms with Crippen LogP contribution in [0, 0.1) is 0 Å². The quantitative estimate of drug-likeness (QED) is 0.671. The summed E-state index contributed by atoms with van der Waals surface area (Å²) >= 11 is 0. The highest BCUT2D eigenvalue weighted by molar-refractivity contribution is 7.89. The van der Waals surface area contributed by atoms with E-state index < -0.39 is 10.0 Å². The summed E-state index contributed by atoms with van der Waals surface area (Å²) in [4.78, 5) is 11.2. The standard InChI is InChI=1S/C22H31N5O3S/c1-4-26-17-18(30-21-8-6-5-7-20(21)26)16-25(3)22-10-9-19(15-23-22)31(28,29)27-13-11-24(2)12-14-27/h5-10,15,18H,4,11-14,16-17H2,1-3H3/t18-/m0/s1. The first-order chi connectivity index (χ1) is 14.9. The normalized spacial score (nSPS) is 20.2. The predicted octanol–water partition coefficient (Wildman–Crippen LogP) is 1.74. The van der Waals surface area contributed by atoms with E-state index in [4.69, 9.17) is 4.74 Å². The number of nitrogens with zero attached hydrogens (tertiary/aromatic N) is 5. The number of para-hydroxylation sites is 2. The number of ether oxygens (including phenoxy) is 1. The second kappa shape index (κ2) is 9.02. The van der Waals surface area contributed by atoms with E-state index in [0.29, 0.717) is 19.6 Å². The van der Waals surface area contributed by atoms with Crippen molar-refractivity contribution in [1.29, 1.82) is 0 Å². The van der Waals surface area contributed by atoms with Gasteiger partial charge < -0.3 is 19.4 Å². The van der Waals surface area contributed by atoms with Gasteiger partial charge in [0, 0.05) is 46.0 Å². The topological polar surface area (TPSA) is 69.2 Å². The van der Waals surface area contributed by atoms with Crippen LogP contribution in [0.3, 0.4) is 0 Å². The van der Waals surface area contributed by atoms with Gasteiger partial charge in [0.2, 0.25) is 10.0 Å². The molecule has 0 amide bonds. The Labute approximate surface area is 185 Å². The van der Waals surface area contributed by atoms with Crippen molar-refractivity contribution in [1.82, 2.24) is 14.2 Å². The minimum atomic E-state index is -3.50. The highest BCUT2D eigenvalue weighted by atomic mass is 32.2. The maximum Gasteiger partial charge on any atom is 0.244 e. The fourth-order valence-electron chi connectivity index (χ4n) is 4.10. The van der Waals surface area contributed by atoms with Crippen molar-refractivity contribution in [3.8, 4) is 5.75 Å². The number of sulfonamides is 1. The Morgan fingerprint density at radius 1 is 1.13 bits per heavy atom. The van der Waals surface area contributed by atoms with Crippen LogP contribution in [-0.2, 0) is 10.0 Å². The molecule has 0 bridgehead atoms. The number of anilines is 2. The number of piperazine rings is 1. The van der Waals surface area contributed by atoms with Crippen molar-refractivity contribution in [2.75, 3.05) is 69.7 Å². The van der Waals surface area contributed by atoms with E-state index in [2.05, 4.69) is 27.8 Å². The first kappa shape index (κ1) is 21.9. The molecule has 8 nitrogen and oxygen atoms in total. The van der Waals surface area contributed by atoms with Gasteiger partial charge >= 0.3 is 0 Å².